The lowest BCUT2D eigenvalue weighted by Gasteiger charge is -2.11. The molecule has 5 nitrogen and oxygen atoms in total. The van der Waals surface area contributed by atoms with Crippen molar-refractivity contribution in [2.75, 3.05) is 0 Å². The Bertz CT molecular complexity index is 2320. The van der Waals surface area contributed by atoms with E-state index in [1.807, 2.05) is 30.3 Å². The normalized spacial score (nSPS) is 11.7. The van der Waals surface area contributed by atoms with Crippen LogP contribution in [0, 0.1) is 25.2 Å². The highest BCUT2D eigenvalue weighted by atomic mass is 32.2. The molecule has 0 aliphatic carbocycles. The number of fused-ring (bicyclic) bond motifs is 2. The van der Waals surface area contributed by atoms with Gasteiger partial charge in [0.2, 0.25) is 9.84 Å². The van der Waals surface area contributed by atoms with Crippen LogP contribution in [0.4, 0.5) is 0 Å². The van der Waals surface area contributed by atoms with E-state index in [0.29, 0.717) is 5.56 Å². The number of para-hydroxylation sites is 3. The SMILES string of the molecule is Cc1c(-c2c(C)n(-c3ccc(S(=O)(=O)c4cccc(C#N)c4)cc3)c3ccccc23)c2ccccc2n1-c1ccccc1. The predicted molar refractivity (Wildman–Crippen MR) is 172 cm³/mol. The maximum atomic E-state index is 13.4. The van der Waals surface area contributed by atoms with Crippen LogP contribution in [0.1, 0.15) is 17.0 Å². The molecule has 43 heavy (non-hydrogen) atoms. The Balaban J connectivity index is 1.42. The third kappa shape index (κ3) is 4.17. The van der Waals surface area contributed by atoms with Crippen LogP contribution in [0.5, 0.6) is 0 Å². The zero-order chi connectivity index (χ0) is 29.7. The summed E-state index contributed by atoms with van der Waals surface area (Å²) in [5.74, 6) is 0. The summed E-state index contributed by atoms with van der Waals surface area (Å²) < 4.78 is 31.3. The topological polar surface area (TPSA) is 67.8 Å². The number of benzene rings is 5. The van der Waals surface area contributed by atoms with Crippen molar-refractivity contribution in [2.24, 2.45) is 0 Å². The van der Waals surface area contributed by atoms with E-state index in [4.69, 9.17) is 0 Å². The Kier molecular flexibility index (Phi) is 6.27. The fourth-order valence-corrected chi connectivity index (χ4v) is 7.56. The summed E-state index contributed by atoms with van der Waals surface area (Å²) in [5, 5.41) is 11.5. The molecule has 0 bridgehead atoms. The summed E-state index contributed by atoms with van der Waals surface area (Å²) in [4.78, 5) is 0.289. The molecule has 0 saturated carbocycles. The van der Waals surface area contributed by atoms with Gasteiger partial charge in [-0.15, -0.1) is 0 Å². The van der Waals surface area contributed by atoms with E-state index in [1.54, 1.807) is 24.3 Å². The minimum Gasteiger partial charge on any atom is -0.313 e. The summed E-state index contributed by atoms with van der Waals surface area (Å²) >= 11 is 0. The number of hydrogen-bond acceptors (Lipinski definition) is 3. The Morgan fingerprint density at radius 2 is 1.07 bits per heavy atom. The molecule has 0 radical (unpaired) electrons. The van der Waals surface area contributed by atoms with Crippen LogP contribution in [0.3, 0.4) is 0 Å². The molecule has 0 atom stereocenters. The molecule has 0 fully saturated rings. The molecule has 0 unspecified atom stereocenters. The van der Waals surface area contributed by atoms with Crippen molar-refractivity contribution in [1.82, 2.24) is 9.13 Å². The average molecular weight is 578 g/mol. The van der Waals surface area contributed by atoms with Crippen LogP contribution in [-0.4, -0.2) is 17.6 Å². The summed E-state index contributed by atoms with van der Waals surface area (Å²) in [6.07, 6.45) is 0. The first-order chi connectivity index (χ1) is 20.9. The minimum atomic E-state index is -3.78. The second kappa shape index (κ2) is 10.2. The van der Waals surface area contributed by atoms with Gasteiger partial charge in [-0.05, 0) is 80.6 Å². The van der Waals surface area contributed by atoms with Crippen LogP contribution in [-0.2, 0) is 9.84 Å². The Morgan fingerprint density at radius 3 is 1.63 bits per heavy atom. The molecule has 5 aromatic carbocycles. The number of nitriles is 1. The fourth-order valence-electron chi connectivity index (χ4n) is 6.25. The van der Waals surface area contributed by atoms with Gasteiger partial charge in [-0.1, -0.05) is 60.7 Å². The van der Waals surface area contributed by atoms with Crippen molar-refractivity contribution in [2.45, 2.75) is 23.6 Å². The first-order valence-corrected chi connectivity index (χ1v) is 15.5. The fraction of sp³-hybridized carbons (Fsp3) is 0.0541. The molecular formula is C37H27N3O2S. The van der Waals surface area contributed by atoms with Crippen molar-refractivity contribution in [3.05, 3.63) is 144 Å². The molecule has 0 amide bonds. The largest absolute Gasteiger partial charge is 0.313 e. The molecular weight excluding hydrogens is 550 g/mol. The maximum Gasteiger partial charge on any atom is 0.206 e. The van der Waals surface area contributed by atoms with Crippen LogP contribution >= 0.6 is 0 Å². The third-order valence-electron chi connectivity index (χ3n) is 8.17. The molecule has 0 aliphatic heterocycles. The number of hydrogen-bond donors (Lipinski definition) is 0. The molecule has 6 heteroatoms. The van der Waals surface area contributed by atoms with Gasteiger partial charge in [0, 0.05) is 44.7 Å². The number of aromatic nitrogens is 2. The van der Waals surface area contributed by atoms with E-state index in [2.05, 4.69) is 89.7 Å². The first kappa shape index (κ1) is 26.5. The van der Waals surface area contributed by atoms with Gasteiger partial charge in [0.15, 0.2) is 0 Å². The van der Waals surface area contributed by atoms with E-state index >= 15 is 0 Å². The second-order valence-corrected chi connectivity index (χ2v) is 12.5. The van der Waals surface area contributed by atoms with Crippen LogP contribution in [0.25, 0.3) is 44.3 Å². The number of rotatable bonds is 5. The number of nitrogens with zero attached hydrogens (tertiary/aromatic N) is 3. The maximum absolute atomic E-state index is 13.4. The van der Waals surface area contributed by atoms with Gasteiger partial charge in [0.25, 0.3) is 0 Å². The highest BCUT2D eigenvalue weighted by Crippen LogP contribution is 2.43. The van der Waals surface area contributed by atoms with Gasteiger partial charge < -0.3 is 9.13 Å². The Morgan fingerprint density at radius 1 is 0.558 bits per heavy atom. The van der Waals surface area contributed by atoms with Gasteiger partial charge >= 0.3 is 0 Å². The molecule has 7 rings (SSSR count). The molecule has 208 valence electrons. The lowest BCUT2D eigenvalue weighted by Crippen LogP contribution is -2.03. The highest BCUT2D eigenvalue weighted by Gasteiger charge is 2.24. The van der Waals surface area contributed by atoms with E-state index in [1.165, 1.54) is 23.1 Å². The predicted octanol–water partition coefficient (Wildman–Crippen LogP) is 8.56. The van der Waals surface area contributed by atoms with E-state index in [-0.39, 0.29) is 9.79 Å². The summed E-state index contributed by atoms with van der Waals surface area (Å²) in [7, 11) is -3.78. The van der Waals surface area contributed by atoms with Crippen molar-refractivity contribution in [3.63, 3.8) is 0 Å². The number of sulfone groups is 1. The molecule has 2 aromatic heterocycles. The van der Waals surface area contributed by atoms with Crippen molar-refractivity contribution in [3.8, 4) is 28.6 Å². The molecule has 7 aromatic rings. The van der Waals surface area contributed by atoms with E-state index in [9.17, 15) is 13.7 Å². The highest BCUT2D eigenvalue weighted by molar-refractivity contribution is 7.91. The molecule has 0 aliphatic rings. The van der Waals surface area contributed by atoms with Gasteiger partial charge in [-0.25, -0.2) is 8.42 Å². The second-order valence-electron chi connectivity index (χ2n) is 10.6. The zero-order valence-corrected chi connectivity index (χ0v) is 24.5. The quantitative estimate of drug-likeness (QED) is 0.206. The molecule has 0 spiro atoms. The van der Waals surface area contributed by atoms with Gasteiger partial charge in [0.1, 0.15) is 0 Å². The monoisotopic (exact) mass is 577 g/mol. The van der Waals surface area contributed by atoms with E-state index < -0.39 is 9.84 Å². The lowest BCUT2D eigenvalue weighted by molar-refractivity contribution is 0.596. The lowest BCUT2D eigenvalue weighted by atomic mass is 9.99. The Labute approximate surface area is 250 Å². The molecule has 2 heterocycles. The van der Waals surface area contributed by atoms with Crippen LogP contribution < -0.4 is 0 Å². The standard InChI is InChI=1S/C37H27N3O2S/c1-25-36(32-15-6-8-17-34(32)39(25)28-12-4-3-5-13-28)37-26(2)40(35-18-9-7-16-33(35)37)29-19-21-30(22-20-29)43(41,42)31-14-10-11-27(23-31)24-38/h3-23H,1-2H3. The first-order valence-electron chi connectivity index (χ1n) is 14.0. The summed E-state index contributed by atoms with van der Waals surface area (Å²) in [6.45, 7) is 4.30. The zero-order valence-electron chi connectivity index (χ0n) is 23.7. The van der Waals surface area contributed by atoms with Gasteiger partial charge in [-0.2, -0.15) is 5.26 Å². The van der Waals surface area contributed by atoms with Crippen LogP contribution in [0.2, 0.25) is 0 Å². The van der Waals surface area contributed by atoms with E-state index in [0.717, 1.165) is 44.7 Å². The van der Waals surface area contributed by atoms with Crippen molar-refractivity contribution < 1.29 is 8.42 Å². The van der Waals surface area contributed by atoms with Gasteiger partial charge in [-0.3, -0.25) is 0 Å². The summed E-state index contributed by atoms with van der Waals surface area (Å²) in [6, 6.07) is 42.4. The third-order valence-corrected chi connectivity index (χ3v) is 9.93. The van der Waals surface area contributed by atoms with Crippen molar-refractivity contribution in [1.29, 1.82) is 5.26 Å². The average Bonchev–Trinajstić information content (AvgIpc) is 3.50. The van der Waals surface area contributed by atoms with Crippen LogP contribution in [0.15, 0.2) is 137 Å². The summed E-state index contributed by atoms with van der Waals surface area (Å²) in [5.41, 5.74) is 9.04. The molecule has 0 N–H and O–H groups in total. The Hall–Kier alpha value is -5.38. The smallest absolute Gasteiger partial charge is 0.206 e. The minimum absolute atomic E-state index is 0.106. The van der Waals surface area contributed by atoms with Gasteiger partial charge in [0.05, 0.1) is 32.5 Å². The molecule has 0 saturated heterocycles. The van der Waals surface area contributed by atoms with Crippen molar-refractivity contribution >= 4 is 31.6 Å².